The fraction of sp³-hybridized carbons (Fsp3) is 0.154. The molecule has 4 nitrogen and oxygen atoms in total. The van der Waals surface area contributed by atoms with Gasteiger partial charge in [0.25, 0.3) is 5.91 Å². The molecule has 2 aromatic rings. The van der Waals surface area contributed by atoms with E-state index in [0.717, 1.165) is 10.8 Å². The number of carbonyl (C=O) groups excluding carboxylic acids is 1. The number of carbonyl (C=O) groups is 1. The normalized spacial score (nSPS) is 10.2. The molecule has 5 heteroatoms. The lowest BCUT2D eigenvalue weighted by Gasteiger charge is -2.06. The molecule has 0 aliphatic carbocycles. The van der Waals surface area contributed by atoms with Gasteiger partial charge < -0.3 is 11.1 Å². The molecule has 1 aromatic heterocycles. The molecule has 0 saturated heterocycles. The minimum Gasteiger partial charge on any atom is -0.393 e. The number of benzene rings is 1. The fourth-order valence-electron chi connectivity index (χ4n) is 1.68. The quantitative estimate of drug-likeness (QED) is 0.819. The van der Waals surface area contributed by atoms with Gasteiger partial charge in [0.1, 0.15) is 5.69 Å². The van der Waals surface area contributed by atoms with Gasteiger partial charge in [-0.15, -0.1) is 0 Å². The van der Waals surface area contributed by atoms with Crippen LogP contribution in [0.15, 0.2) is 36.5 Å². The zero-order valence-corrected chi connectivity index (χ0v) is 10.5. The molecule has 1 aromatic carbocycles. The van der Waals surface area contributed by atoms with Crippen LogP contribution in [0.1, 0.15) is 16.9 Å². The summed E-state index contributed by atoms with van der Waals surface area (Å²) in [5.74, 6) is -0.206. The second-order valence-electron chi connectivity index (χ2n) is 3.85. The lowest BCUT2D eigenvalue weighted by Crippen LogP contribution is -2.28. The van der Waals surface area contributed by atoms with Crippen LogP contribution >= 0.6 is 12.2 Å². The van der Waals surface area contributed by atoms with E-state index >= 15 is 0 Å². The van der Waals surface area contributed by atoms with Crippen molar-refractivity contribution in [2.24, 2.45) is 5.73 Å². The molecule has 0 saturated carbocycles. The molecule has 0 radical (unpaired) electrons. The summed E-state index contributed by atoms with van der Waals surface area (Å²) < 4.78 is 0. The van der Waals surface area contributed by atoms with Gasteiger partial charge in [-0.25, -0.2) is 0 Å². The van der Waals surface area contributed by atoms with Crippen molar-refractivity contribution in [3.8, 4) is 0 Å². The van der Waals surface area contributed by atoms with E-state index in [2.05, 4.69) is 10.3 Å². The molecule has 0 aliphatic heterocycles. The number of aromatic nitrogens is 1. The van der Waals surface area contributed by atoms with Crippen LogP contribution in [0.25, 0.3) is 10.8 Å². The van der Waals surface area contributed by atoms with Gasteiger partial charge in [0.2, 0.25) is 0 Å². The Morgan fingerprint density at radius 3 is 2.89 bits per heavy atom. The van der Waals surface area contributed by atoms with Crippen LogP contribution in [0.4, 0.5) is 0 Å². The number of thiocarbonyl (C=S) groups is 1. The number of pyridine rings is 1. The topological polar surface area (TPSA) is 68.0 Å². The van der Waals surface area contributed by atoms with Crippen LogP contribution in [-0.4, -0.2) is 22.4 Å². The summed E-state index contributed by atoms with van der Waals surface area (Å²) >= 11 is 4.75. The molecular formula is C13H13N3OS. The Morgan fingerprint density at radius 1 is 1.33 bits per heavy atom. The number of fused-ring (bicyclic) bond motifs is 1. The van der Waals surface area contributed by atoms with Crippen molar-refractivity contribution >= 4 is 33.9 Å². The van der Waals surface area contributed by atoms with Gasteiger partial charge in [0.15, 0.2) is 0 Å². The van der Waals surface area contributed by atoms with Gasteiger partial charge >= 0.3 is 0 Å². The SMILES string of the molecule is NC(=S)CCNC(=O)c1nccc2ccccc12. The maximum Gasteiger partial charge on any atom is 0.270 e. The van der Waals surface area contributed by atoms with Gasteiger partial charge in [-0.3, -0.25) is 9.78 Å². The third-order valence-electron chi connectivity index (χ3n) is 2.55. The number of nitrogens with one attached hydrogen (secondary N) is 1. The lowest BCUT2D eigenvalue weighted by molar-refractivity contribution is 0.0951. The second kappa shape index (κ2) is 5.55. The average molecular weight is 259 g/mol. The zero-order valence-electron chi connectivity index (χ0n) is 9.72. The van der Waals surface area contributed by atoms with Crippen molar-refractivity contribution in [1.82, 2.24) is 10.3 Å². The van der Waals surface area contributed by atoms with E-state index in [1.54, 1.807) is 6.20 Å². The molecule has 0 spiro atoms. The Hall–Kier alpha value is -2.01. The molecule has 2 rings (SSSR count). The van der Waals surface area contributed by atoms with Crippen LogP contribution in [0.3, 0.4) is 0 Å². The maximum atomic E-state index is 12.0. The van der Waals surface area contributed by atoms with E-state index in [9.17, 15) is 4.79 Å². The average Bonchev–Trinajstić information content (AvgIpc) is 2.37. The predicted octanol–water partition coefficient (Wildman–Crippen LogP) is 1.64. The Kier molecular flexibility index (Phi) is 3.84. The van der Waals surface area contributed by atoms with Crippen LogP contribution in [-0.2, 0) is 0 Å². The number of nitrogens with two attached hydrogens (primary N) is 1. The molecule has 92 valence electrons. The monoisotopic (exact) mass is 259 g/mol. The summed E-state index contributed by atoms with van der Waals surface area (Å²) in [5, 5.41) is 4.59. The Labute approximate surface area is 110 Å². The molecule has 1 heterocycles. The standard InChI is InChI=1S/C13H13N3OS/c14-11(18)6-8-16-13(17)12-10-4-2-1-3-9(10)5-7-15-12/h1-5,7H,6,8H2,(H2,14,18)(H,16,17). The van der Waals surface area contributed by atoms with Gasteiger partial charge in [-0.2, -0.15) is 0 Å². The van der Waals surface area contributed by atoms with Crippen molar-refractivity contribution in [1.29, 1.82) is 0 Å². The smallest absolute Gasteiger partial charge is 0.270 e. The Bertz CT molecular complexity index is 592. The molecule has 18 heavy (non-hydrogen) atoms. The summed E-state index contributed by atoms with van der Waals surface area (Å²) in [5.41, 5.74) is 5.80. The van der Waals surface area contributed by atoms with Crippen molar-refractivity contribution in [3.63, 3.8) is 0 Å². The van der Waals surface area contributed by atoms with E-state index in [1.807, 2.05) is 30.3 Å². The second-order valence-corrected chi connectivity index (χ2v) is 4.38. The third kappa shape index (κ3) is 2.81. The maximum absolute atomic E-state index is 12.0. The number of nitrogens with zero attached hydrogens (tertiary/aromatic N) is 1. The minimum atomic E-state index is -0.206. The molecular weight excluding hydrogens is 246 g/mol. The van der Waals surface area contributed by atoms with Crippen LogP contribution in [0.2, 0.25) is 0 Å². The van der Waals surface area contributed by atoms with Crippen molar-refractivity contribution in [3.05, 3.63) is 42.2 Å². The third-order valence-corrected chi connectivity index (χ3v) is 2.75. The van der Waals surface area contributed by atoms with E-state index in [0.29, 0.717) is 23.6 Å². The number of amides is 1. The van der Waals surface area contributed by atoms with Gasteiger partial charge in [0, 0.05) is 24.5 Å². The molecule has 0 atom stereocenters. The van der Waals surface area contributed by atoms with Crippen LogP contribution < -0.4 is 11.1 Å². The Balaban J connectivity index is 2.20. The first-order valence-corrected chi connectivity index (χ1v) is 5.99. The molecule has 0 aliphatic rings. The first-order chi connectivity index (χ1) is 8.68. The summed E-state index contributed by atoms with van der Waals surface area (Å²) in [7, 11) is 0. The highest BCUT2D eigenvalue weighted by molar-refractivity contribution is 7.80. The molecule has 3 N–H and O–H groups in total. The summed E-state index contributed by atoms with van der Waals surface area (Å²) in [4.78, 5) is 16.5. The summed E-state index contributed by atoms with van der Waals surface area (Å²) in [6.45, 7) is 0.430. The highest BCUT2D eigenvalue weighted by atomic mass is 32.1. The summed E-state index contributed by atoms with van der Waals surface area (Å²) in [6, 6.07) is 9.52. The fourth-order valence-corrected chi connectivity index (χ4v) is 1.79. The lowest BCUT2D eigenvalue weighted by atomic mass is 10.1. The molecule has 0 fully saturated rings. The molecule has 0 bridgehead atoms. The van der Waals surface area contributed by atoms with E-state index in [4.69, 9.17) is 18.0 Å². The summed E-state index contributed by atoms with van der Waals surface area (Å²) in [6.07, 6.45) is 2.12. The van der Waals surface area contributed by atoms with Gasteiger partial charge in [0.05, 0.1) is 4.99 Å². The Morgan fingerprint density at radius 2 is 2.11 bits per heavy atom. The first-order valence-electron chi connectivity index (χ1n) is 5.59. The van der Waals surface area contributed by atoms with Crippen molar-refractivity contribution in [2.45, 2.75) is 6.42 Å². The first kappa shape index (κ1) is 12.4. The van der Waals surface area contributed by atoms with E-state index in [-0.39, 0.29) is 5.91 Å². The molecule has 0 unspecified atom stereocenters. The largest absolute Gasteiger partial charge is 0.393 e. The van der Waals surface area contributed by atoms with Crippen LogP contribution in [0, 0.1) is 0 Å². The van der Waals surface area contributed by atoms with E-state index in [1.165, 1.54) is 0 Å². The number of hydrogen-bond donors (Lipinski definition) is 2. The van der Waals surface area contributed by atoms with Gasteiger partial charge in [-0.1, -0.05) is 36.5 Å². The van der Waals surface area contributed by atoms with Crippen molar-refractivity contribution < 1.29 is 4.79 Å². The molecule has 1 amide bonds. The minimum absolute atomic E-state index is 0.206. The predicted molar refractivity (Wildman–Crippen MR) is 75.5 cm³/mol. The number of hydrogen-bond acceptors (Lipinski definition) is 3. The highest BCUT2D eigenvalue weighted by Crippen LogP contribution is 2.15. The zero-order chi connectivity index (χ0) is 13.0. The van der Waals surface area contributed by atoms with Crippen molar-refractivity contribution in [2.75, 3.05) is 6.54 Å². The van der Waals surface area contributed by atoms with Crippen LogP contribution in [0.5, 0.6) is 0 Å². The van der Waals surface area contributed by atoms with Gasteiger partial charge in [-0.05, 0) is 11.5 Å². The number of rotatable bonds is 4. The highest BCUT2D eigenvalue weighted by Gasteiger charge is 2.10. The van der Waals surface area contributed by atoms with E-state index < -0.39 is 0 Å².